The number of anilines is 1. The Labute approximate surface area is 157 Å². The van der Waals surface area contributed by atoms with E-state index in [1.54, 1.807) is 15.2 Å². The summed E-state index contributed by atoms with van der Waals surface area (Å²) < 4.78 is 18.8. The number of piperidine rings is 1. The van der Waals surface area contributed by atoms with Crippen molar-refractivity contribution in [2.75, 3.05) is 25.0 Å². The Kier molecular flexibility index (Phi) is 5.62. The highest BCUT2D eigenvalue weighted by Crippen LogP contribution is 2.29. The Morgan fingerprint density at radius 3 is 2.92 bits per heavy atom. The Morgan fingerprint density at radius 1 is 1.54 bits per heavy atom. The number of hydrogen-bond donors (Lipinski definition) is 2. The van der Waals surface area contributed by atoms with E-state index in [4.69, 9.17) is 22.0 Å². The number of aromatic nitrogens is 3. The molecule has 1 aliphatic rings. The van der Waals surface area contributed by atoms with Gasteiger partial charge in [-0.2, -0.15) is 10.4 Å². The Balaban J connectivity index is 1.66. The molecule has 9 nitrogen and oxygen atoms in total. The average molecular weight is 397 g/mol. The number of hydrogen-bond acceptors (Lipinski definition) is 6. The second-order valence-corrected chi connectivity index (χ2v) is 8.28. The van der Waals surface area contributed by atoms with E-state index >= 15 is 0 Å². The third kappa shape index (κ3) is 3.76. The van der Waals surface area contributed by atoms with Crippen LogP contribution in [-0.2, 0) is 16.6 Å². The van der Waals surface area contributed by atoms with Crippen LogP contribution in [0.25, 0.3) is 11.0 Å². The van der Waals surface area contributed by atoms with E-state index in [-0.39, 0.29) is 0 Å². The molecule has 0 amide bonds. The van der Waals surface area contributed by atoms with Gasteiger partial charge in [-0.15, -0.1) is 0 Å². The van der Waals surface area contributed by atoms with Crippen molar-refractivity contribution in [1.29, 1.82) is 5.26 Å². The van der Waals surface area contributed by atoms with Crippen LogP contribution in [0.15, 0.2) is 16.6 Å². The van der Waals surface area contributed by atoms with Gasteiger partial charge in [-0.3, -0.25) is 0 Å². The zero-order valence-corrected chi connectivity index (χ0v) is 16.0. The van der Waals surface area contributed by atoms with Crippen LogP contribution < -0.4 is 10.5 Å². The van der Waals surface area contributed by atoms with Crippen LogP contribution in [0.2, 0.25) is 5.15 Å². The molecule has 1 atom stereocenters. The largest absolute Gasteiger partial charge is 0.384 e. The lowest BCUT2D eigenvalue weighted by Gasteiger charge is -2.31. The number of nitrogens with two attached hydrogens (primary N) is 1. The molecule has 0 radical (unpaired) electrons. The first-order valence-corrected chi connectivity index (χ1v) is 10.3. The number of nitrogens with one attached hydrogen (secondary N) is 1. The molecule has 2 aromatic heterocycles. The molecule has 0 spiro atoms. The molecule has 1 saturated heterocycles. The summed E-state index contributed by atoms with van der Waals surface area (Å²) in [6.07, 6.45) is 4.91. The summed E-state index contributed by atoms with van der Waals surface area (Å²) in [6.45, 7) is 4.54. The van der Waals surface area contributed by atoms with Crippen LogP contribution in [0, 0.1) is 17.4 Å². The second-order valence-electron chi connectivity index (χ2n) is 6.15. The first kappa shape index (κ1) is 18.8. The maximum Gasteiger partial charge on any atom is 0.216 e. The highest BCUT2D eigenvalue weighted by atomic mass is 35.5. The minimum atomic E-state index is -3.07. The first-order valence-electron chi connectivity index (χ1n) is 8.39. The third-order valence-electron chi connectivity index (χ3n) is 4.59. The molecular formula is C15H21ClN8OS. The minimum absolute atomic E-state index is 0.395. The summed E-state index contributed by atoms with van der Waals surface area (Å²) >= 11 is 6.28. The fourth-order valence-corrected chi connectivity index (χ4v) is 4.41. The molecule has 0 bridgehead atoms. The lowest BCUT2D eigenvalue weighted by Crippen LogP contribution is -2.43. The van der Waals surface area contributed by atoms with Gasteiger partial charge < -0.3 is 5.32 Å². The number of fused-ring (bicyclic) bond motifs is 1. The summed E-state index contributed by atoms with van der Waals surface area (Å²) in [5, 5.41) is 23.2. The lowest BCUT2D eigenvalue weighted by molar-refractivity contribution is 0.290. The van der Waals surface area contributed by atoms with Gasteiger partial charge in [0, 0.05) is 38.1 Å². The molecule has 3 N–H and O–H groups in total. The van der Waals surface area contributed by atoms with Gasteiger partial charge in [0.05, 0.1) is 5.39 Å². The number of aryl methyl sites for hydroxylation is 1. The maximum atomic E-state index is 12.1. The van der Waals surface area contributed by atoms with Crippen molar-refractivity contribution in [3.8, 4) is 6.19 Å². The highest BCUT2D eigenvalue weighted by Gasteiger charge is 2.25. The molecule has 1 fully saturated rings. The van der Waals surface area contributed by atoms with Crippen molar-refractivity contribution >= 4 is 38.4 Å². The fraction of sp³-hybridized carbons (Fsp3) is 0.533. The van der Waals surface area contributed by atoms with Crippen molar-refractivity contribution in [1.82, 2.24) is 19.1 Å². The average Bonchev–Trinajstić information content (AvgIpc) is 2.97. The van der Waals surface area contributed by atoms with E-state index in [9.17, 15) is 4.21 Å². The molecule has 2 aromatic rings. The zero-order chi connectivity index (χ0) is 18.7. The van der Waals surface area contributed by atoms with Gasteiger partial charge in [0.1, 0.15) is 0 Å². The molecule has 11 heteroatoms. The quantitative estimate of drug-likeness (QED) is 0.747. The predicted octanol–water partition coefficient (Wildman–Crippen LogP) is 1.97. The van der Waals surface area contributed by atoms with Gasteiger partial charge in [-0.1, -0.05) is 16.0 Å². The molecule has 26 heavy (non-hydrogen) atoms. The summed E-state index contributed by atoms with van der Waals surface area (Å²) in [7, 11) is -3.07. The van der Waals surface area contributed by atoms with Crippen LogP contribution in [0.3, 0.4) is 0 Å². The molecule has 1 aliphatic heterocycles. The molecule has 1 unspecified atom stereocenters. The lowest BCUT2D eigenvalue weighted by atomic mass is 9.98. The van der Waals surface area contributed by atoms with E-state index in [0.29, 0.717) is 30.7 Å². The van der Waals surface area contributed by atoms with Gasteiger partial charge in [0.2, 0.25) is 6.19 Å². The highest BCUT2D eigenvalue weighted by molar-refractivity contribution is 7.89. The number of halogens is 1. The number of nitrogens with zero attached hydrogens (tertiary/aromatic N) is 6. The van der Waals surface area contributed by atoms with E-state index in [1.165, 1.54) is 6.19 Å². The van der Waals surface area contributed by atoms with Gasteiger partial charge in [0.25, 0.3) is 0 Å². The van der Waals surface area contributed by atoms with Crippen LogP contribution in [-0.4, -0.2) is 42.9 Å². The fourth-order valence-electron chi connectivity index (χ4n) is 3.17. The first-order chi connectivity index (χ1) is 12.5. The predicted molar refractivity (Wildman–Crippen MR) is 101 cm³/mol. The Hall–Kier alpha value is -1.93. The molecule has 0 saturated carbocycles. The van der Waals surface area contributed by atoms with Crippen molar-refractivity contribution < 1.29 is 4.21 Å². The Bertz CT molecular complexity index is 950. The van der Waals surface area contributed by atoms with Crippen LogP contribution >= 0.6 is 11.6 Å². The van der Waals surface area contributed by atoms with Gasteiger partial charge >= 0.3 is 0 Å². The van der Waals surface area contributed by atoms with Gasteiger partial charge in [-0.05, 0) is 31.7 Å². The normalized spacial score (nSPS) is 18.4. The summed E-state index contributed by atoms with van der Waals surface area (Å²) in [6, 6.07) is 1.89. The zero-order valence-electron chi connectivity index (χ0n) is 14.4. The van der Waals surface area contributed by atoms with E-state index in [1.807, 2.05) is 13.0 Å². The maximum absolute atomic E-state index is 12.1. The summed E-state index contributed by atoms with van der Waals surface area (Å²) in [5.41, 5.74) is 1.67. The van der Waals surface area contributed by atoms with E-state index in [0.717, 1.165) is 36.1 Å². The smallest absolute Gasteiger partial charge is 0.216 e. The third-order valence-corrected chi connectivity index (χ3v) is 6.30. The topological polar surface area (TPSA) is 125 Å². The SMILES string of the molecule is CCn1nc(Cl)c2c(NCC3CCN(S(N)(=O)=NC#N)CC3)ccnc21. The molecule has 140 valence electrons. The summed E-state index contributed by atoms with van der Waals surface area (Å²) in [4.78, 5) is 4.37. The monoisotopic (exact) mass is 396 g/mol. The van der Waals surface area contributed by atoms with Crippen molar-refractivity contribution in [2.45, 2.75) is 26.3 Å². The van der Waals surface area contributed by atoms with E-state index in [2.05, 4.69) is 19.8 Å². The number of nitriles is 1. The van der Waals surface area contributed by atoms with Crippen molar-refractivity contribution in [3.63, 3.8) is 0 Å². The molecule has 3 rings (SSSR count). The standard InChI is InChI=1S/C15H21ClN8OS/c1-2-24-15-13(14(16)22-24)12(3-6-19-15)20-9-11-4-7-23(8-5-11)26(18,25)21-10-17/h3,6,11H,2,4-5,7-9H2,1H3,(H,19,20)(H2,18,21,25). The van der Waals surface area contributed by atoms with Crippen molar-refractivity contribution in [2.24, 2.45) is 15.4 Å². The number of rotatable bonds is 5. The molecule has 0 aromatic carbocycles. The van der Waals surface area contributed by atoms with Crippen molar-refractivity contribution in [3.05, 3.63) is 17.4 Å². The second kappa shape index (κ2) is 7.75. The minimum Gasteiger partial charge on any atom is -0.384 e. The van der Waals surface area contributed by atoms with Gasteiger partial charge in [0.15, 0.2) is 20.9 Å². The number of pyridine rings is 1. The van der Waals surface area contributed by atoms with Crippen LogP contribution in [0.5, 0.6) is 0 Å². The van der Waals surface area contributed by atoms with Crippen LogP contribution in [0.1, 0.15) is 19.8 Å². The molecule has 0 aliphatic carbocycles. The van der Waals surface area contributed by atoms with Gasteiger partial charge in [-0.25, -0.2) is 23.3 Å². The van der Waals surface area contributed by atoms with Crippen LogP contribution in [0.4, 0.5) is 5.69 Å². The van der Waals surface area contributed by atoms with E-state index < -0.39 is 10.1 Å². The molecule has 3 heterocycles. The Morgan fingerprint density at radius 2 is 2.27 bits per heavy atom. The summed E-state index contributed by atoms with van der Waals surface area (Å²) in [5.74, 6) is 0.395. The molecular weight excluding hydrogens is 376 g/mol.